The fourth-order valence-corrected chi connectivity index (χ4v) is 2.98. The minimum absolute atomic E-state index is 0.126. The van der Waals surface area contributed by atoms with Gasteiger partial charge in [0.1, 0.15) is 12.2 Å². The Hall–Kier alpha value is -3.14. The van der Waals surface area contributed by atoms with Gasteiger partial charge in [0, 0.05) is 50.5 Å². The molecule has 120 valence electrons. The van der Waals surface area contributed by atoms with E-state index in [0.29, 0.717) is 11.6 Å². The number of nitriles is 1. The van der Waals surface area contributed by atoms with Gasteiger partial charge in [-0.2, -0.15) is 15.3 Å². The zero-order valence-corrected chi connectivity index (χ0v) is 13.0. The summed E-state index contributed by atoms with van der Waals surface area (Å²) in [5, 5.41) is 13.3. The summed E-state index contributed by atoms with van der Waals surface area (Å²) in [6.45, 7) is 1.67. The molecule has 0 aliphatic carbocycles. The number of nitrogens with zero attached hydrogens (tertiary/aromatic N) is 6. The van der Waals surface area contributed by atoms with Crippen LogP contribution in [0.3, 0.4) is 0 Å². The summed E-state index contributed by atoms with van der Waals surface area (Å²) in [5.41, 5.74) is 2.15. The van der Waals surface area contributed by atoms with Gasteiger partial charge in [0.25, 0.3) is 0 Å². The van der Waals surface area contributed by atoms with Gasteiger partial charge >= 0.3 is 0 Å². The highest BCUT2D eigenvalue weighted by atomic mass is 16.5. The minimum atomic E-state index is 0.126. The fourth-order valence-electron chi connectivity index (χ4n) is 2.98. The smallest absolute Gasteiger partial charge is 0.217 e. The lowest BCUT2D eigenvalue weighted by atomic mass is 10.1. The number of ether oxygens (including phenoxy) is 1. The molecule has 0 spiro atoms. The van der Waals surface area contributed by atoms with Crippen LogP contribution in [0.1, 0.15) is 18.5 Å². The van der Waals surface area contributed by atoms with Crippen molar-refractivity contribution < 1.29 is 4.74 Å². The Labute approximate surface area is 139 Å². The van der Waals surface area contributed by atoms with Crippen LogP contribution in [-0.4, -0.2) is 38.8 Å². The van der Waals surface area contributed by atoms with Gasteiger partial charge in [-0.25, -0.2) is 9.50 Å². The maximum atomic E-state index is 9.19. The molecule has 0 amide bonds. The van der Waals surface area contributed by atoms with Crippen LogP contribution in [0, 0.1) is 11.3 Å². The lowest BCUT2D eigenvalue weighted by molar-refractivity contribution is 0.164. The molecule has 0 radical (unpaired) electrons. The Morgan fingerprint density at radius 3 is 2.88 bits per heavy atom. The molecule has 7 nitrogen and oxygen atoms in total. The van der Waals surface area contributed by atoms with Crippen molar-refractivity contribution in [3.63, 3.8) is 0 Å². The van der Waals surface area contributed by atoms with Crippen molar-refractivity contribution in [3.8, 4) is 11.9 Å². The molecule has 0 N–H and O–H groups in total. The van der Waals surface area contributed by atoms with Crippen molar-refractivity contribution in [2.24, 2.45) is 0 Å². The van der Waals surface area contributed by atoms with Crippen LogP contribution in [-0.2, 0) is 0 Å². The molecule has 3 aromatic heterocycles. The molecule has 24 heavy (non-hydrogen) atoms. The minimum Gasteiger partial charge on any atom is -0.474 e. The largest absolute Gasteiger partial charge is 0.474 e. The average Bonchev–Trinajstić information content (AvgIpc) is 3.10. The van der Waals surface area contributed by atoms with Gasteiger partial charge in [-0.05, 0) is 12.1 Å². The van der Waals surface area contributed by atoms with Crippen LogP contribution in [0.5, 0.6) is 5.88 Å². The molecule has 7 heteroatoms. The quantitative estimate of drug-likeness (QED) is 0.735. The standard InChI is InChI=1S/C17H16N6O/c18-12-14-15(2-1-7-19-14)22-9-4-13(5-10-22)24-17-6-11-23-16(21-17)3-8-20-23/h1-3,6-8,11,13H,4-5,9-10H2. The third kappa shape index (κ3) is 2.74. The van der Waals surface area contributed by atoms with Crippen LogP contribution in [0.2, 0.25) is 0 Å². The molecule has 1 aliphatic heterocycles. The maximum absolute atomic E-state index is 9.19. The van der Waals surface area contributed by atoms with E-state index in [1.165, 1.54) is 0 Å². The molecule has 4 heterocycles. The van der Waals surface area contributed by atoms with Crippen LogP contribution in [0.15, 0.2) is 42.9 Å². The van der Waals surface area contributed by atoms with Crippen LogP contribution >= 0.6 is 0 Å². The molecular weight excluding hydrogens is 304 g/mol. The van der Waals surface area contributed by atoms with Gasteiger partial charge in [-0.15, -0.1) is 0 Å². The first-order valence-corrected chi connectivity index (χ1v) is 7.90. The van der Waals surface area contributed by atoms with E-state index in [1.54, 1.807) is 16.9 Å². The Morgan fingerprint density at radius 1 is 1.17 bits per heavy atom. The molecule has 0 bridgehead atoms. The summed E-state index contributed by atoms with van der Waals surface area (Å²) >= 11 is 0. The third-order valence-corrected chi connectivity index (χ3v) is 4.19. The SMILES string of the molecule is N#Cc1ncccc1N1CCC(Oc2ccn3nccc3n2)CC1. The Balaban J connectivity index is 1.41. The van der Waals surface area contributed by atoms with Crippen molar-refractivity contribution in [3.05, 3.63) is 48.5 Å². The van der Waals surface area contributed by atoms with Gasteiger partial charge in [0.2, 0.25) is 5.88 Å². The van der Waals surface area contributed by atoms with E-state index in [9.17, 15) is 5.26 Å². The molecule has 1 saturated heterocycles. The summed E-state index contributed by atoms with van der Waals surface area (Å²) in [6.07, 6.45) is 7.10. The Bertz CT molecular complexity index is 891. The summed E-state index contributed by atoms with van der Waals surface area (Å²) in [5.74, 6) is 0.626. The Kier molecular flexibility index (Phi) is 3.71. The molecule has 0 aromatic carbocycles. The van der Waals surface area contributed by atoms with Gasteiger partial charge in [0.15, 0.2) is 11.3 Å². The molecule has 4 rings (SSSR count). The summed E-state index contributed by atoms with van der Waals surface area (Å²) < 4.78 is 7.72. The number of hydrogen-bond donors (Lipinski definition) is 0. The molecule has 0 saturated carbocycles. The van der Waals surface area contributed by atoms with Gasteiger partial charge in [-0.1, -0.05) is 0 Å². The van der Waals surface area contributed by atoms with E-state index in [2.05, 4.69) is 26.0 Å². The first kappa shape index (κ1) is 14.5. The molecular formula is C17H16N6O. The highest BCUT2D eigenvalue weighted by Crippen LogP contribution is 2.24. The average molecular weight is 320 g/mol. The van der Waals surface area contributed by atoms with Gasteiger partial charge in [0.05, 0.1) is 11.9 Å². The lowest BCUT2D eigenvalue weighted by Crippen LogP contribution is -2.38. The second kappa shape index (κ2) is 6.16. The molecule has 1 aliphatic rings. The topological polar surface area (TPSA) is 79.3 Å². The number of rotatable bonds is 3. The first-order chi connectivity index (χ1) is 11.8. The molecule has 3 aromatic rings. The predicted molar refractivity (Wildman–Crippen MR) is 87.8 cm³/mol. The third-order valence-electron chi connectivity index (χ3n) is 4.19. The maximum Gasteiger partial charge on any atom is 0.217 e. The number of aromatic nitrogens is 4. The number of piperidine rings is 1. The summed E-state index contributed by atoms with van der Waals surface area (Å²) in [7, 11) is 0. The summed E-state index contributed by atoms with van der Waals surface area (Å²) in [4.78, 5) is 10.8. The van der Waals surface area contributed by atoms with Gasteiger partial charge < -0.3 is 9.64 Å². The highest BCUT2D eigenvalue weighted by Gasteiger charge is 2.23. The van der Waals surface area contributed by atoms with E-state index in [-0.39, 0.29) is 6.10 Å². The fraction of sp³-hybridized carbons (Fsp3) is 0.294. The van der Waals surface area contributed by atoms with Crippen molar-refractivity contribution in [1.29, 1.82) is 5.26 Å². The van der Waals surface area contributed by atoms with Crippen LogP contribution in [0.25, 0.3) is 5.65 Å². The van der Waals surface area contributed by atoms with E-state index in [1.807, 2.05) is 30.5 Å². The number of hydrogen-bond acceptors (Lipinski definition) is 6. The number of anilines is 1. The van der Waals surface area contributed by atoms with E-state index in [4.69, 9.17) is 4.74 Å². The van der Waals surface area contributed by atoms with E-state index in [0.717, 1.165) is 37.3 Å². The van der Waals surface area contributed by atoms with Crippen molar-refractivity contribution >= 4 is 11.3 Å². The van der Waals surface area contributed by atoms with Gasteiger partial charge in [-0.3, -0.25) is 0 Å². The van der Waals surface area contributed by atoms with Crippen molar-refractivity contribution in [1.82, 2.24) is 19.6 Å². The monoisotopic (exact) mass is 320 g/mol. The first-order valence-electron chi connectivity index (χ1n) is 7.90. The Morgan fingerprint density at radius 2 is 2.04 bits per heavy atom. The van der Waals surface area contributed by atoms with E-state index < -0.39 is 0 Å². The van der Waals surface area contributed by atoms with Crippen molar-refractivity contribution in [2.75, 3.05) is 18.0 Å². The van der Waals surface area contributed by atoms with Crippen molar-refractivity contribution in [2.45, 2.75) is 18.9 Å². The van der Waals surface area contributed by atoms with Crippen LogP contribution < -0.4 is 9.64 Å². The zero-order chi connectivity index (χ0) is 16.4. The second-order valence-corrected chi connectivity index (χ2v) is 5.69. The van der Waals surface area contributed by atoms with E-state index >= 15 is 0 Å². The molecule has 0 unspecified atom stereocenters. The summed E-state index contributed by atoms with van der Waals surface area (Å²) in [6, 6.07) is 9.65. The second-order valence-electron chi connectivity index (χ2n) is 5.69. The number of pyridine rings is 1. The molecule has 1 fully saturated rings. The predicted octanol–water partition coefficient (Wildman–Crippen LogP) is 2.04. The van der Waals surface area contributed by atoms with Crippen LogP contribution in [0.4, 0.5) is 5.69 Å². The number of fused-ring (bicyclic) bond motifs is 1. The lowest BCUT2D eigenvalue weighted by Gasteiger charge is -2.33. The highest BCUT2D eigenvalue weighted by molar-refractivity contribution is 5.55. The molecule has 0 atom stereocenters. The zero-order valence-electron chi connectivity index (χ0n) is 13.0. The normalized spacial score (nSPS) is 15.4.